The molecule has 8 rings (SSSR count). The van der Waals surface area contributed by atoms with Crippen molar-refractivity contribution in [1.82, 2.24) is 30.4 Å². The van der Waals surface area contributed by atoms with Crippen molar-refractivity contribution < 1.29 is 19.1 Å². The third-order valence-electron chi connectivity index (χ3n) is 11.4. The van der Waals surface area contributed by atoms with Gasteiger partial charge >= 0.3 is 0 Å². The van der Waals surface area contributed by atoms with Gasteiger partial charge in [-0.1, -0.05) is 59.6 Å². The number of pyridine rings is 2. The van der Waals surface area contributed by atoms with Crippen molar-refractivity contribution in [2.24, 2.45) is 0 Å². The third-order valence-corrected chi connectivity index (χ3v) is 12.2. The Morgan fingerprint density at radius 1 is 0.811 bits per heavy atom. The monoisotopic (exact) mass is 754 g/mol. The van der Waals surface area contributed by atoms with Gasteiger partial charge in [0.05, 0.1) is 35.7 Å². The Hall–Kier alpha value is -4.22. The summed E-state index contributed by atoms with van der Waals surface area (Å²) in [6, 6.07) is 16.6. The van der Waals surface area contributed by atoms with Crippen LogP contribution in [0.3, 0.4) is 0 Å². The number of nitrogens with zero attached hydrogens (tertiary/aromatic N) is 4. The highest BCUT2D eigenvalue weighted by Gasteiger charge is 2.35. The zero-order valence-electron chi connectivity index (χ0n) is 30.3. The molecule has 4 aromatic rings. The van der Waals surface area contributed by atoms with Gasteiger partial charge in [0.25, 0.3) is 0 Å². The average Bonchev–Trinajstić information content (AvgIpc) is 3.92. The Morgan fingerprint density at radius 3 is 1.94 bits per heavy atom. The summed E-state index contributed by atoms with van der Waals surface area (Å²) in [6.45, 7) is 5.48. The van der Waals surface area contributed by atoms with Crippen LogP contribution in [0.15, 0.2) is 48.5 Å². The maximum atomic E-state index is 11.9. The lowest BCUT2D eigenvalue weighted by Crippen LogP contribution is -2.48. The molecule has 0 saturated carbocycles. The number of ether oxygens (including phenoxy) is 2. The summed E-state index contributed by atoms with van der Waals surface area (Å²) in [5, 5.41) is 7.80. The number of aryl methyl sites for hydroxylation is 2. The molecule has 2 saturated heterocycles. The molecular weight excluding hydrogens is 711 g/mol. The van der Waals surface area contributed by atoms with E-state index in [1.54, 1.807) is 21.1 Å². The van der Waals surface area contributed by atoms with Crippen LogP contribution in [0.4, 0.5) is 0 Å². The number of hydrogen-bond acceptors (Lipinski definition) is 8. The minimum Gasteiger partial charge on any atom is -0.481 e. The fourth-order valence-corrected chi connectivity index (χ4v) is 9.33. The zero-order chi connectivity index (χ0) is 36.8. The van der Waals surface area contributed by atoms with Crippen LogP contribution in [0, 0.1) is 0 Å². The van der Waals surface area contributed by atoms with Gasteiger partial charge in [-0.2, -0.15) is 0 Å². The van der Waals surface area contributed by atoms with Crippen LogP contribution in [-0.2, 0) is 22.4 Å². The SMILES string of the molecule is COc1nc(-c2cccc(-c3cccc(-c4cc5c(c(OC)n4)[C@@H](N4CCN(C(C)=O)CC4)CC5)c3Cl)c2Cl)cc2c1[C@@H](NC[C@@H]1CCC(=O)N1)CC2. The van der Waals surface area contributed by atoms with Crippen LogP contribution in [0.5, 0.6) is 11.8 Å². The molecule has 4 aliphatic rings. The summed E-state index contributed by atoms with van der Waals surface area (Å²) in [7, 11) is 3.33. The lowest BCUT2D eigenvalue weighted by Gasteiger charge is -2.38. The van der Waals surface area contributed by atoms with E-state index in [1.807, 2.05) is 41.3 Å². The molecule has 4 heterocycles. The molecule has 3 atom stereocenters. The van der Waals surface area contributed by atoms with E-state index in [4.69, 9.17) is 42.6 Å². The minimum absolute atomic E-state index is 0.100. The molecule has 2 aliphatic carbocycles. The number of fused-ring (bicyclic) bond motifs is 2. The first-order valence-electron chi connectivity index (χ1n) is 18.5. The molecule has 10 nitrogen and oxygen atoms in total. The number of amides is 2. The summed E-state index contributed by atoms with van der Waals surface area (Å²) >= 11 is 14.5. The largest absolute Gasteiger partial charge is 0.481 e. The van der Waals surface area contributed by atoms with Gasteiger partial charge in [-0.05, 0) is 55.4 Å². The molecule has 2 aromatic heterocycles. The van der Waals surface area contributed by atoms with E-state index >= 15 is 0 Å². The van der Waals surface area contributed by atoms with E-state index in [2.05, 4.69) is 27.7 Å². The molecule has 2 fully saturated rings. The minimum atomic E-state index is 0.100. The van der Waals surface area contributed by atoms with Crippen LogP contribution >= 0.6 is 23.2 Å². The highest BCUT2D eigenvalue weighted by Crippen LogP contribution is 2.47. The number of methoxy groups -OCH3 is 2. The molecule has 0 bridgehead atoms. The van der Waals surface area contributed by atoms with Crippen molar-refractivity contribution >= 4 is 35.0 Å². The lowest BCUT2D eigenvalue weighted by molar-refractivity contribution is -0.130. The molecule has 2 amide bonds. The number of carbonyl (C=O) groups is 2. The van der Waals surface area contributed by atoms with E-state index in [-0.39, 0.29) is 29.9 Å². The Bertz CT molecular complexity index is 2080. The van der Waals surface area contributed by atoms with Gasteiger partial charge in [0, 0.05) is 97.6 Å². The average molecular weight is 756 g/mol. The van der Waals surface area contributed by atoms with Crippen molar-refractivity contribution in [3.63, 3.8) is 0 Å². The molecule has 12 heteroatoms. The quantitative estimate of drug-likeness (QED) is 0.192. The molecule has 53 heavy (non-hydrogen) atoms. The second-order valence-corrected chi connectivity index (χ2v) is 15.2. The fourth-order valence-electron chi connectivity index (χ4n) is 8.68. The van der Waals surface area contributed by atoms with Crippen LogP contribution in [0.25, 0.3) is 33.6 Å². The normalized spacial score (nSPS) is 21.0. The fraction of sp³-hybridized carbons (Fsp3) is 0.415. The first kappa shape index (κ1) is 35.8. The van der Waals surface area contributed by atoms with Gasteiger partial charge in [0.15, 0.2) is 0 Å². The highest BCUT2D eigenvalue weighted by molar-refractivity contribution is 6.39. The molecule has 276 valence electrons. The van der Waals surface area contributed by atoms with Gasteiger partial charge in [0.1, 0.15) is 0 Å². The molecule has 0 spiro atoms. The van der Waals surface area contributed by atoms with Crippen LogP contribution < -0.4 is 20.1 Å². The molecule has 2 aliphatic heterocycles. The number of rotatable bonds is 9. The molecule has 2 aromatic carbocycles. The number of hydrogen-bond donors (Lipinski definition) is 2. The highest BCUT2D eigenvalue weighted by atomic mass is 35.5. The predicted molar refractivity (Wildman–Crippen MR) is 207 cm³/mol. The number of piperazine rings is 1. The van der Waals surface area contributed by atoms with Crippen molar-refractivity contribution in [3.05, 3.63) is 80.8 Å². The maximum Gasteiger partial charge on any atom is 0.220 e. The Balaban J connectivity index is 1.07. The second-order valence-electron chi connectivity index (χ2n) is 14.4. The van der Waals surface area contributed by atoms with Crippen LogP contribution in [0.2, 0.25) is 10.0 Å². The van der Waals surface area contributed by atoms with Gasteiger partial charge in [-0.3, -0.25) is 14.5 Å². The summed E-state index contributed by atoms with van der Waals surface area (Å²) < 4.78 is 11.8. The van der Waals surface area contributed by atoms with Crippen molar-refractivity contribution in [1.29, 1.82) is 0 Å². The van der Waals surface area contributed by atoms with E-state index in [1.165, 1.54) is 11.1 Å². The number of halogens is 2. The Labute approximate surface area is 320 Å². The lowest BCUT2D eigenvalue weighted by atomic mass is 9.97. The Morgan fingerprint density at radius 2 is 1.38 bits per heavy atom. The molecule has 0 unspecified atom stereocenters. The smallest absolute Gasteiger partial charge is 0.220 e. The number of carbonyl (C=O) groups excluding carboxylic acids is 2. The van der Waals surface area contributed by atoms with Crippen LogP contribution in [-0.4, -0.2) is 84.6 Å². The Kier molecular flexibility index (Phi) is 10.1. The zero-order valence-corrected chi connectivity index (χ0v) is 31.8. The topological polar surface area (TPSA) is 109 Å². The standard InChI is InChI=1S/C41H44Cl2N6O4/c1-23(50)48-16-18-49(19-17-48)34-14-11-25-21-33(47-41(53-3)37(25)34)30-9-5-7-28(39(30)43)27-6-4-8-29(38(27)42)32-20-24-10-13-31(36(24)40(46-32)52-2)44-22-26-12-15-35(51)45-26/h4-9,20-21,26,31,34,44H,10-19,22H2,1-3H3,(H,45,51)/t26-,31-,34-/m0/s1. The van der Waals surface area contributed by atoms with Crippen molar-refractivity contribution in [2.45, 2.75) is 63.6 Å². The van der Waals surface area contributed by atoms with Gasteiger partial charge in [0.2, 0.25) is 23.6 Å². The van der Waals surface area contributed by atoms with E-state index < -0.39 is 0 Å². The summed E-state index contributed by atoms with van der Waals surface area (Å²) in [5.74, 6) is 1.45. The van der Waals surface area contributed by atoms with Gasteiger partial charge in [-0.25, -0.2) is 9.97 Å². The second kappa shape index (κ2) is 14.9. The van der Waals surface area contributed by atoms with Gasteiger partial charge < -0.3 is 25.0 Å². The number of nitrogens with one attached hydrogen (secondary N) is 2. The van der Waals surface area contributed by atoms with E-state index in [0.29, 0.717) is 34.8 Å². The third kappa shape index (κ3) is 6.75. The van der Waals surface area contributed by atoms with E-state index in [9.17, 15) is 9.59 Å². The van der Waals surface area contributed by atoms with E-state index in [0.717, 1.165) is 103 Å². The molecular formula is C41H44Cl2N6O4. The number of benzene rings is 2. The van der Waals surface area contributed by atoms with Gasteiger partial charge in [-0.15, -0.1) is 0 Å². The summed E-state index contributed by atoms with van der Waals surface area (Å²) in [4.78, 5) is 38.0. The molecule has 2 N–H and O–H groups in total. The van der Waals surface area contributed by atoms with Crippen LogP contribution in [0.1, 0.15) is 66.9 Å². The van der Waals surface area contributed by atoms with Crippen molar-refractivity contribution in [3.8, 4) is 45.4 Å². The first-order chi connectivity index (χ1) is 25.7. The van der Waals surface area contributed by atoms with Crippen molar-refractivity contribution in [2.75, 3.05) is 46.9 Å². The predicted octanol–water partition coefficient (Wildman–Crippen LogP) is 6.81. The number of aromatic nitrogens is 2. The summed E-state index contributed by atoms with van der Waals surface area (Å²) in [6.07, 6.45) is 5.13. The molecule has 0 radical (unpaired) electrons. The maximum absolute atomic E-state index is 11.9. The summed E-state index contributed by atoms with van der Waals surface area (Å²) in [5.41, 5.74) is 9.30. The first-order valence-corrected chi connectivity index (χ1v) is 19.3.